The predicted octanol–water partition coefficient (Wildman–Crippen LogP) is 6.00. The number of nitro benzene ring substituents is 2. The van der Waals surface area contributed by atoms with E-state index in [1.54, 1.807) is 24.3 Å². The number of nitro groups is 2. The van der Waals surface area contributed by atoms with Crippen molar-refractivity contribution in [2.75, 3.05) is 11.4 Å². The number of nitrogens with zero attached hydrogens (tertiary/aromatic N) is 3. The number of hydrogen-bond acceptors (Lipinski definition) is 5. The number of hydrogen-bond donors (Lipinski definition) is 0. The molecule has 144 valence electrons. The second-order valence-electron chi connectivity index (χ2n) is 6.47. The molecule has 0 atom stereocenters. The van der Waals surface area contributed by atoms with Crippen LogP contribution in [0.4, 0.5) is 22.7 Å². The summed E-state index contributed by atoms with van der Waals surface area (Å²) in [5, 5.41) is 21.8. The van der Waals surface area contributed by atoms with Gasteiger partial charge in [0.15, 0.2) is 0 Å². The predicted molar refractivity (Wildman–Crippen MR) is 107 cm³/mol. The third-order valence-corrected chi connectivity index (χ3v) is 4.48. The molecule has 0 saturated carbocycles. The maximum absolute atomic E-state index is 10.9. The van der Waals surface area contributed by atoms with Crippen LogP contribution < -0.4 is 4.90 Å². The van der Waals surface area contributed by atoms with Gasteiger partial charge in [-0.25, -0.2) is 0 Å². The van der Waals surface area contributed by atoms with Crippen molar-refractivity contribution in [3.63, 3.8) is 0 Å². The van der Waals surface area contributed by atoms with Gasteiger partial charge in [-0.05, 0) is 30.7 Å². The fraction of sp³-hybridized carbons (Fsp3) is 0.400. The Labute approximate surface area is 158 Å². The van der Waals surface area contributed by atoms with Crippen LogP contribution in [-0.4, -0.2) is 16.4 Å². The molecule has 0 aliphatic rings. The van der Waals surface area contributed by atoms with Gasteiger partial charge in [-0.3, -0.25) is 20.2 Å². The third kappa shape index (κ3) is 6.06. The Bertz CT molecular complexity index is 687. The van der Waals surface area contributed by atoms with E-state index in [0.29, 0.717) is 0 Å². The molecule has 7 nitrogen and oxygen atoms in total. The summed E-state index contributed by atoms with van der Waals surface area (Å²) in [4.78, 5) is 23.0. The topological polar surface area (TPSA) is 89.5 Å². The summed E-state index contributed by atoms with van der Waals surface area (Å²) < 4.78 is 0. The van der Waals surface area contributed by atoms with Crippen molar-refractivity contribution in [1.82, 2.24) is 0 Å². The second kappa shape index (κ2) is 10.3. The zero-order valence-corrected chi connectivity index (χ0v) is 15.5. The van der Waals surface area contributed by atoms with Gasteiger partial charge in [-0.2, -0.15) is 0 Å². The third-order valence-electron chi connectivity index (χ3n) is 4.48. The molecule has 7 heteroatoms. The molecule has 2 aromatic carbocycles. The van der Waals surface area contributed by atoms with Crippen LogP contribution in [0.15, 0.2) is 48.5 Å². The minimum Gasteiger partial charge on any atom is -0.341 e. The smallest absolute Gasteiger partial charge is 0.269 e. The van der Waals surface area contributed by atoms with Crippen molar-refractivity contribution in [3.8, 4) is 0 Å². The minimum absolute atomic E-state index is 0.0435. The van der Waals surface area contributed by atoms with E-state index in [9.17, 15) is 20.2 Å². The Morgan fingerprint density at radius 3 is 1.52 bits per heavy atom. The SMILES string of the molecule is CCCCCCCCN(c1ccc([N+](=O)[O-])cc1)c1ccc([N+](=O)[O-])cc1. The minimum atomic E-state index is -0.423. The molecule has 0 spiro atoms. The number of benzene rings is 2. The number of unbranched alkanes of at least 4 members (excludes halogenated alkanes) is 5. The Balaban J connectivity index is 2.14. The highest BCUT2D eigenvalue weighted by Gasteiger charge is 2.13. The van der Waals surface area contributed by atoms with Gasteiger partial charge in [-0.15, -0.1) is 0 Å². The van der Waals surface area contributed by atoms with E-state index < -0.39 is 9.85 Å². The normalized spacial score (nSPS) is 10.6. The Morgan fingerprint density at radius 2 is 1.11 bits per heavy atom. The van der Waals surface area contributed by atoms with E-state index in [1.807, 2.05) is 4.90 Å². The van der Waals surface area contributed by atoms with Crippen molar-refractivity contribution in [2.24, 2.45) is 0 Å². The largest absolute Gasteiger partial charge is 0.341 e. The molecule has 0 saturated heterocycles. The van der Waals surface area contributed by atoms with E-state index >= 15 is 0 Å². The summed E-state index contributed by atoms with van der Waals surface area (Å²) >= 11 is 0. The van der Waals surface area contributed by atoms with Gasteiger partial charge in [0.1, 0.15) is 0 Å². The van der Waals surface area contributed by atoms with Crippen molar-refractivity contribution >= 4 is 22.7 Å². The van der Waals surface area contributed by atoms with E-state index in [1.165, 1.54) is 49.9 Å². The van der Waals surface area contributed by atoms with Gasteiger partial charge in [0.05, 0.1) is 9.85 Å². The Kier molecular flexibility index (Phi) is 7.73. The van der Waals surface area contributed by atoms with Crippen LogP contribution in [0.5, 0.6) is 0 Å². The molecule has 2 rings (SSSR count). The number of rotatable bonds is 11. The zero-order chi connectivity index (χ0) is 19.6. The van der Waals surface area contributed by atoms with Gasteiger partial charge in [-0.1, -0.05) is 39.0 Å². The van der Waals surface area contributed by atoms with E-state index in [2.05, 4.69) is 6.92 Å². The molecule has 0 aliphatic heterocycles. The molecule has 0 unspecified atom stereocenters. The fourth-order valence-corrected chi connectivity index (χ4v) is 2.97. The highest BCUT2D eigenvalue weighted by Crippen LogP contribution is 2.29. The van der Waals surface area contributed by atoms with Crippen molar-refractivity contribution < 1.29 is 9.85 Å². The molecular weight excluding hydrogens is 346 g/mol. The lowest BCUT2D eigenvalue weighted by atomic mass is 10.1. The first-order valence-corrected chi connectivity index (χ1v) is 9.29. The first-order valence-electron chi connectivity index (χ1n) is 9.29. The molecule has 2 aromatic rings. The highest BCUT2D eigenvalue weighted by atomic mass is 16.6. The quantitative estimate of drug-likeness (QED) is 0.274. The monoisotopic (exact) mass is 371 g/mol. The van der Waals surface area contributed by atoms with E-state index in [0.717, 1.165) is 30.8 Å². The van der Waals surface area contributed by atoms with Crippen LogP contribution in [0.3, 0.4) is 0 Å². The van der Waals surface area contributed by atoms with Gasteiger partial charge in [0, 0.05) is 42.2 Å². The van der Waals surface area contributed by atoms with Crippen LogP contribution in [-0.2, 0) is 0 Å². The average Bonchev–Trinajstić information content (AvgIpc) is 2.68. The Morgan fingerprint density at radius 1 is 0.704 bits per heavy atom. The van der Waals surface area contributed by atoms with E-state index in [-0.39, 0.29) is 11.4 Å². The average molecular weight is 371 g/mol. The summed E-state index contributed by atoms with van der Waals surface area (Å²) in [5.41, 5.74) is 1.76. The summed E-state index contributed by atoms with van der Waals surface area (Å²) in [6.07, 6.45) is 6.95. The zero-order valence-electron chi connectivity index (χ0n) is 15.5. The first-order chi connectivity index (χ1) is 13.0. The maximum atomic E-state index is 10.9. The summed E-state index contributed by atoms with van der Waals surface area (Å²) in [6.45, 7) is 2.94. The Hall–Kier alpha value is -2.96. The standard InChI is InChI=1S/C20H25N3O4/c1-2-3-4-5-6-7-16-21(17-8-12-19(13-9-17)22(24)25)18-10-14-20(15-11-18)23(26)27/h8-15H,2-7,16H2,1H3. The van der Waals surface area contributed by atoms with E-state index in [4.69, 9.17) is 0 Å². The van der Waals surface area contributed by atoms with Crippen molar-refractivity contribution in [1.29, 1.82) is 0 Å². The van der Waals surface area contributed by atoms with Crippen LogP contribution >= 0.6 is 0 Å². The lowest BCUT2D eigenvalue weighted by molar-refractivity contribution is -0.385. The fourth-order valence-electron chi connectivity index (χ4n) is 2.97. The molecule has 0 aliphatic carbocycles. The molecule has 0 radical (unpaired) electrons. The maximum Gasteiger partial charge on any atom is 0.269 e. The number of anilines is 2. The van der Waals surface area contributed by atoms with Gasteiger partial charge >= 0.3 is 0 Å². The molecule has 0 fully saturated rings. The molecule has 0 aromatic heterocycles. The summed E-state index contributed by atoms with van der Waals surface area (Å²) in [6, 6.07) is 12.8. The molecule has 0 heterocycles. The second-order valence-corrected chi connectivity index (χ2v) is 6.47. The van der Waals surface area contributed by atoms with Crippen molar-refractivity contribution in [2.45, 2.75) is 45.4 Å². The van der Waals surface area contributed by atoms with Crippen LogP contribution in [0, 0.1) is 20.2 Å². The molecule has 0 bridgehead atoms. The molecule has 0 amide bonds. The van der Waals surface area contributed by atoms with Gasteiger partial charge in [0.2, 0.25) is 0 Å². The lowest BCUT2D eigenvalue weighted by Gasteiger charge is -2.25. The molecular formula is C20H25N3O4. The molecule has 27 heavy (non-hydrogen) atoms. The highest BCUT2D eigenvalue weighted by molar-refractivity contribution is 5.65. The summed E-state index contributed by atoms with van der Waals surface area (Å²) in [7, 11) is 0. The van der Waals surface area contributed by atoms with Crippen LogP contribution in [0.2, 0.25) is 0 Å². The molecule has 0 N–H and O–H groups in total. The first kappa shape index (κ1) is 20.4. The van der Waals surface area contributed by atoms with Crippen molar-refractivity contribution in [3.05, 3.63) is 68.8 Å². The van der Waals surface area contributed by atoms with Gasteiger partial charge in [0.25, 0.3) is 11.4 Å². The number of non-ortho nitro benzene ring substituents is 2. The van der Waals surface area contributed by atoms with Crippen LogP contribution in [0.1, 0.15) is 45.4 Å². The van der Waals surface area contributed by atoms with Crippen LogP contribution in [0.25, 0.3) is 0 Å². The summed E-state index contributed by atoms with van der Waals surface area (Å²) in [5.74, 6) is 0. The van der Waals surface area contributed by atoms with Gasteiger partial charge < -0.3 is 4.90 Å². The lowest BCUT2D eigenvalue weighted by Crippen LogP contribution is -2.18.